The summed E-state index contributed by atoms with van der Waals surface area (Å²) in [5, 5.41) is 0. The number of hydrogen-bond donors (Lipinski definition) is 0. The van der Waals surface area contributed by atoms with Crippen molar-refractivity contribution in [3.05, 3.63) is 82.6 Å². The first-order valence-electron chi connectivity index (χ1n) is 8.69. The van der Waals surface area contributed by atoms with Crippen LogP contribution >= 0.6 is 15.9 Å². The van der Waals surface area contributed by atoms with Gasteiger partial charge in [0.1, 0.15) is 5.82 Å². The number of rotatable bonds is 8. The number of nitrogens with zero attached hydrogens (tertiary/aromatic N) is 2. The fourth-order valence-corrected chi connectivity index (χ4v) is 3.80. The Morgan fingerprint density at radius 3 is 2.41 bits per heavy atom. The lowest BCUT2D eigenvalue weighted by Gasteiger charge is -2.20. The van der Waals surface area contributed by atoms with Gasteiger partial charge in [-0.25, -0.2) is 17.1 Å². The number of amides is 1. The Bertz CT molecular complexity index is 1020. The van der Waals surface area contributed by atoms with Crippen molar-refractivity contribution in [1.29, 1.82) is 0 Å². The minimum Gasteiger partial charge on any atom is -0.331 e. The Morgan fingerprint density at radius 1 is 1.17 bits per heavy atom. The molecule has 2 aromatic carbocycles. The first-order valence-corrected chi connectivity index (χ1v) is 10.9. The van der Waals surface area contributed by atoms with Gasteiger partial charge in [0.25, 0.3) is 0 Å². The monoisotopic (exact) mass is 480 g/mol. The predicted molar refractivity (Wildman–Crippen MR) is 116 cm³/mol. The van der Waals surface area contributed by atoms with Gasteiger partial charge in [-0.2, -0.15) is 0 Å². The van der Waals surface area contributed by atoms with Crippen LogP contribution in [0.5, 0.6) is 0 Å². The van der Waals surface area contributed by atoms with Crippen molar-refractivity contribution in [2.24, 2.45) is 0 Å². The highest BCUT2D eigenvalue weighted by atomic mass is 79.9. The Hall–Kier alpha value is -2.29. The second kappa shape index (κ2) is 9.96. The molecule has 0 atom stereocenters. The molecule has 0 saturated carbocycles. The summed E-state index contributed by atoms with van der Waals surface area (Å²) in [4.78, 5) is 14.2. The van der Waals surface area contributed by atoms with E-state index in [9.17, 15) is 17.6 Å². The van der Waals surface area contributed by atoms with Crippen LogP contribution in [0.4, 0.5) is 4.39 Å². The van der Waals surface area contributed by atoms with E-state index in [2.05, 4.69) is 22.5 Å². The van der Waals surface area contributed by atoms with Crippen LogP contribution in [0.3, 0.4) is 0 Å². The van der Waals surface area contributed by atoms with E-state index in [1.807, 2.05) is 0 Å². The van der Waals surface area contributed by atoms with E-state index in [1.165, 1.54) is 43.3 Å². The maximum absolute atomic E-state index is 14.0. The summed E-state index contributed by atoms with van der Waals surface area (Å²) in [5.41, 5.74) is 1.06. The third kappa shape index (κ3) is 6.09. The standard InChI is InChI=1S/C21H22BrFN2O3S/c1-4-13-25(15-17-14-18(22)8-11-20(17)23)21(26)12-7-16-5-9-19(10-6-16)29(27,28)24(2)3/h4-12,14H,1,13,15H2,2-3H3/b12-7+. The third-order valence-electron chi connectivity index (χ3n) is 4.11. The van der Waals surface area contributed by atoms with Crippen molar-refractivity contribution in [3.8, 4) is 0 Å². The SMILES string of the molecule is C=CCN(Cc1cc(Br)ccc1F)C(=O)/C=C/c1ccc(S(=O)(=O)N(C)C)cc1. The molecule has 0 unspecified atom stereocenters. The van der Waals surface area contributed by atoms with E-state index in [-0.39, 0.29) is 23.9 Å². The van der Waals surface area contributed by atoms with Gasteiger partial charge >= 0.3 is 0 Å². The molecule has 8 heteroatoms. The molecule has 5 nitrogen and oxygen atoms in total. The zero-order valence-electron chi connectivity index (χ0n) is 16.2. The number of halogens is 2. The number of carbonyl (C=O) groups excluding carboxylic acids is 1. The van der Waals surface area contributed by atoms with Crippen LogP contribution in [0, 0.1) is 5.82 Å². The van der Waals surface area contributed by atoms with Gasteiger partial charge in [-0.15, -0.1) is 6.58 Å². The average Bonchev–Trinajstić information content (AvgIpc) is 2.68. The molecule has 0 aliphatic rings. The topological polar surface area (TPSA) is 57.7 Å². The Labute approximate surface area is 179 Å². The average molecular weight is 481 g/mol. The largest absolute Gasteiger partial charge is 0.331 e. The molecule has 0 bridgehead atoms. The molecule has 2 aromatic rings. The molecule has 154 valence electrons. The van der Waals surface area contributed by atoms with E-state index < -0.39 is 15.8 Å². The Balaban J connectivity index is 2.16. The molecule has 2 rings (SSSR count). The zero-order chi connectivity index (χ0) is 21.6. The summed E-state index contributed by atoms with van der Waals surface area (Å²) in [6.07, 6.45) is 4.53. The van der Waals surface area contributed by atoms with Crippen LogP contribution in [-0.4, -0.2) is 44.2 Å². The first kappa shape index (κ1) is 23.0. The molecule has 0 aromatic heterocycles. The molecular formula is C21H22BrFN2O3S. The van der Waals surface area contributed by atoms with Gasteiger partial charge in [0.05, 0.1) is 4.90 Å². The molecular weight excluding hydrogens is 459 g/mol. The maximum atomic E-state index is 14.0. The lowest BCUT2D eigenvalue weighted by atomic mass is 10.2. The minimum atomic E-state index is -3.50. The van der Waals surface area contributed by atoms with E-state index in [0.717, 1.165) is 8.78 Å². The highest BCUT2D eigenvalue weighted by Gasteiger charge is 2.16. The number of hydrogen-bond acceptors (Lipinski definition) is 3. The highest BCUT2D eigenvalue weighted by Crippen LogP contribution is 2.18. The summed E-state index contributed by atoms with van der Waals surface area (Å²) >= 11 is 3.30. The number of sulfonamides is 1. The van der Waals surface area contributed by atoms with Crippen molar-refractivity contribution >= 4 is 37.9 Å². The Morgan fingerprint density at radius 2 is 1.83 bits per heavy atom. The van der Waals surface area contributed by atoms with E-state index >= 15 is 0 Å². The molecule has 29 heavy (non-hydrogen) atoms. The molecule has 0 aliphatic heterocycles. The molecule has 0 saturated heterocycles. The van der Waals surface area contributed by atoms with Crippen molar-refractivity contribution in [3.63, 3.8) is 0 Å². The minimum absolute atomic E-state index is 0.0977. The van der Waals surface area contributed by atoms with Gasteiger partial charge in [-0.1, -0.05) is 34.1 Å². The molecule has 0 N–H and O–H groups in total. The van der Waals surface area contributed by atoms with Crippen molar-refractivity contribution in [1.82, 2.24) is 9.21 Å². The summed E-state index contributed by atoms with van der Waals surface area (Å²) in [6, 6.07) is 10.8. The van der Waals surface area contributed by atoms with Crippen molar-refractivity contribution < 1.29 is 17.6 Å². The molecule has 1 amide bonds. The van der Waals surface area contributed by atoms with E-state index in [4.69, 9.17) is 0 Å². The second-order valence-corrected chi connectivity index (χ2v) is 9.50. The van der Waals surface area contributed by atoms with E-state index in [0.29, 0.717) is 11.1 Å². The van der Waals surface area contributed by atoms with Crippen molar-refractivity contribution in [2.75, 3.05) is 20.6 Å². The number of benzene rings is 2. The van der Waals surface area contributed by atoms with Crippen LogP contribution in [0.25, 0.3) is 6.08 Å². The summed E-state index contributed by atoms with van der Waals surface area (Å²) in [7, 11) is -0.579. The summed E-state index contributed by atoms with van der Waals surface area (Å²) in [5.74, 6) is -0.703. The molecule has 0 heterocycles. The van der Waals surface area contributed by atoms with Crippen LogP contribution < -0.4 is 0 Å². The van der Waals surface area contributed by atoms with Crippen LogP contribution in [0.1, 0.15) is 11.1 Å². The quantitative estimate of drug-likeness (QED) is 0.422. The summed E-state index contributed by atoms with van der Waals surface area (Å²) < 4.78 is 40.1. The van der Waals surface area contributed by atoms with Crippen LogP contribution in [0.2, 0.25) is 0 Å². The van der Waals surface area contributed by atoms with Crippen LogP contribution in [-0.2, 0) is 21.4 Å². The molecule has 0 fully saturated rings. The highest BCUT2D eigenvalue weighted by molar-refractivity contribution is 9.10. The van der Waals surface area contributed by atoms with Gasteiger partial charge in [-0.05, 0) is 42.0 Å². The fourth-order valence-electron chi connectivity index (χ4n) is 2.49. The van der Waals surface area contributed by atoms with Crippen LogP contribution in [0.15, 0.2) is 70.6 Å². The van der Waals surface area contributed by atoms with E-state index in [1.54, 1.807) is 36.4 Å². The molecule has 0 aliphatic carbocycles. The maximum Gasteiger partial charge on any atom is 0.247 e. The van der Waals surface area contributed by atoms with Gasteiger partial charge < -0.3 is 4.90 Å². The lowest BCUT2D eigenvalue weighted by Crippen LogP contribution is -2.29. The smallest absolute Gasteiger partial charge is 0.247 e. The molecule has 0 radical (unpaired) electrons. The van der Waals surface area contributed by atoms with Gasteiger partial charge in [0.15, 0.2) is 0 Å². The van der Waals surface area contributed by atoms with Crippen molar-refractivity contribution in [2.45, 2.75) is 11.4 Å². The first-order chi connectivity index (χ1) is 13.6. The zero-order valence-corrected chi connectivity index (χ0v) is 18.6. The lowest BCUT2D eigenvalue weighted by molar-refractivity contribution is -0.126. The van der Waals surface area contributed by atoms with Gasteiger partial charge in [0.2, 0.25) is 15.9 Å². The second-order valence-electron chi connectivity index (χ2n) is 6.43. The normalized spacial score (nSPS) is 11.8. The summed E-state index contributed by atoms with van der Waals surface area (Å²) in [6.45, 7) is 4.00. The number of carbonyl (C=O) groups is 1. The van der Waals surface area contributed by atoms with Gasteiger partial charge in [-0.3, -0.25) is 4.79 Å². The fraction of sp³-hybridized carbons (Fsp3) is 0.190. The molecule has 0 spiro atoms. The third-order valence-corrected chi connectivity index (χ3v) is 6.43. The Kier molecular flexibility index (Phi) is 7.89. The predicted octanol–water partition coefficient (Wildman–Crippen LogP) is 4.07. The van der Waals surface area contributed by atoms with Gasteiger partial charge in [0, 0.05) is 43.3 Å².